The summed E-state index contributed by atoms with van der Waals surface area (Å²) < 4.78 is 48.0. The average Bonchev–Trinajstić information content (AvgIpc) is 2.58. The lowest BCUT2D eigenvalue weighted by molar-refractivity contribution is -0.275. The van der Waals surface area contributed by atoms with Crippen LogP contribution in [0.1, 0.15) is 5.56 Å². The topological polar surface area (TPSA) is 108 Å². The zero-order chi connectivity index (χ0) is 18.6. The molecule has 4 N–H and O–H groups in total. The standard InChI is InChI=1S/C15H18F3NO6/c16-15(17,18)14(23)19-10-12(22)11(21)9(6-20)25-13(10)24-7-8-4-2-1-3-5-8/h1-5,9-13,20-22H,6-7H2,(H,19,23)/t9?,10?,11?,12?,13-/m1/s1. The third-order valence-electron chi connectivity index (χ3n) is 3.69. The van der Waals surface area contributed by atoms with Gasteiger partial charge in [-0.15, -0.1) is 0 Å². The molecule has 1 fully saturated rings. The lowest BCUT2D eigenvalue weighted by atomic mass is 9.97. The van der Waals surface area contributed by atoms with E-state index in [2.05, 4.69) is 0 Å². The van der Waals surface area contributed by atoms with Gasteiger partial charge >= 0.3 is 12.1 Å². The summed E-state index contributed by atoms with van der Waals surface area (Å²) in [6.07, 6.45) is -11.5. The van der Waals surface area contributed by atoms with E-state index in [1.807, 2.05) is 0 Å². The number of hydrogen-bond acceptors (Lipinski definition) is 6. The Kier molecular flexibility index (Phi) is 6.36. The number of nitrogens with one attached hydrogen (secondary N) is 1. The van der Waals surface area contributed by atoms with Gasteiger partial charge in [-0.2, -0.15) is 13.2 Å². The number of ether oxygens (including phenoxy) is 2. The number of hydrogen-bond donors (Lipinski definition) is 4. The minimum absolute atomic E-state index is 0.0785. The number of aliphatic hydroxyl groups is 3. The monoisotopic (exact) mass is 365 g/mol. The van der Waals surface area contributed by atoms with E-state index in [0.717, 1.165) is 0 Å². The summed E-state index contributed by atoms with van der Waals surface area (Å²) in [5, 5.41) is 30.5. The highest BCUT2D eigenvalue weighted by atomic mass is 19.4. The van der Waals surface area contributed by atoms with Crippen LogP contribution >= 0.6 is 0 Å². The maximum Gasteiger partial charge on any atom is 0.471 e. The van der Waals surface area contributed by atoms with E-state index in [1.165, 1.54) is 0 Å². The van der Waals surface area contributed by atoms with Crippen molar-refractivity contribution in [3.63, 3.8) is 0 Å². The van der Waals surface area contributed by atoms with Gasteiger partial charge in [-0.25, -0.2) is 0 Å². The van der Waals surface area contributed by atoms with Gasteiger partial charge in [0.25, 0.3) is 0 Å². The minimum atomic E-state index is -5.18. The van der Waals surface area contributed by atoms with Gasteiger partial charge in [0.05, 0.1) is 13.2 Å². The number of rotatable bonds is 5. The van der Waals surface area contributed by atoms with Crippen molar-refractivity contribution in [2.45, 2.75) is 43.4 Å². The zero-order valence-electron chi connectivity index (χ0n) is 12.9. The largest absolute Gasteiger partial charge is 0.471 e. The molecule has 0 spiro atoms. The molecule has 1 heterocycles. The summed E-state index contributed by atoms with van der Waals surface area (Å²) in [4.78, 5) is 11.2. The lowest BCUT2D eigenvalue weighted by Crippen LogP contribution is -2.65. The quantitative estimate of drug-likeness (QED) is 0.570. The highest BCUT2D eigenvalue weighted by Crippen LogP contribution is 2.24. The summed E-state index contributed by atoms with van der Waals surface area (Å²) >= 11 is 0. The van der Waals surface area contributed by atoms with E-state index in [-0.39, 0.29) is 6.61 Å². The normalized spacial score (nSPS) is 30.1. The van der Waals surface area contributed by atoms with Gasteiger partial charge in [0.15, 0.2) is 6.29 Å². The lowest BCUT2D eigenvalue weighted by Gasteiger charge is -2.42. The highest BCUT2D eigenvalue weighted by molar-refractivity contribution is 5.82. The van der Waals surface area contributed by atoms with Gasteiger partial charge in [-0.05, 0) is 5.56 Å². The maximum atomic E-state index is 12.5. The summed E-state index contributed by atoms with van der Waals surface area (Å²) in [6, 6.07) is 6.92. The fourth-order valence-electron chi connectivity index (χ4n) is 2.36. The Balaban J connectivity index is 2.13. The number of halogens is 3. The van der Waals surface area contributed by atoms with Crippen LogP contribution < -0.4 is 5.32 Å². The van der Waals surface area contributed by atoms with E-state index in [4.69, 9.17) is 14.6 Å². The molecule has 7 nitrogen and oxygen atoms in total. The zero-order valence-corrected chi connectivity index (χ0v) is 12.9. The first-order valence-electron chi connectivity index (χ1n) is 7.39. The highest BCUT2D eigenvalue weighted by Gasteiger charge is 2.49. The van der Waals surface area contributed by atoms with Gasteiger partial charge in [0.1, 0.15) is 24.4 Å². The minimum Gasteiger partial charge on any atom is -0.394 e. The average molecular weight is 365 g/mol. The molecule has 0 bridgehead atoms. The Morgan fingerprint density at radius 3 is 2.40 bits per heavy atom. The van der Waals surface area contributed by atoms with Crippen molar-refractivity contribution in [3.05, 3.63) is 35.9 Å². The molecule has 1 amide bonds. The second kappa shape index (κ2) is 8.11. The Hall–Kier alpha value is -1.72. The van der Waals surface area contributed by atoms with E-state index in [0.29, 0.717) is 5.56 Å². The second-order valence-electron chi connectivity index (χ2n) is 5.50. The second-order valence-corrected chi connectivity index (χ2v) is 5.50. The number of alkyl halides is 3. The van der Waals surface area contributed by atoms with Crippen LogP contribution in [-0.4, -0.2) is 64.7 Å². The van der Waals surface area contributed by atoms with Crippen LogP contribution in [0.25, 0.3) is 0 Å². The van der Waals surface area contributed by atoms with Crippen molar-refractivity contribution in [1.29, 1.82) is 0 Å². The fraction of sp³-hybridized carbons (Fsp3) is 0.533. The molecule has 25 heavy (non-hydrogen) atoms. The van der Waals surface area contributed by atoms with Crippen molar-refractivity contribution < 1.29 is 42.8 Å². The van der Waals surface area contributed by atoms with Crippen molar-refractivity contribution in [3.8, 4) is 0 Å². The number of carbonyl (C=O) groups excluding carboxylic acids is 1. The Labute approximate surface area is 141 Å². The van der Waals surface area contributed by atoms with Crippen molar-refractivity contribution >= 4 is 5.91 Å². The molecule has 0 saturated carbocycles. The molecule has 1 aromatic carbocycles. The molecule has 10 heteroatoms. The number of benzene rings is 1. The van der Waals surface area contributed by atoms with E-state index in [9.17, 15) is 28.2 Å². The van der Waals surface area contributed by atoms with Crippen LogP contribution in [0, 0.1) is 0 Å². The molecule has 0 radical (unpaired) electrons. The Bertz CT molecular complexity index is 570. The van der Waals surface area contributed by atoms with Crippen LogP contribution in [-0.2, 0) is 20.9 Å². The molecule has 1 aliphatic rings. The molecule has 1 aliphatic heterocycles. The smallest absolute Gasteiger partial charge is 0.394 e. The molecular formula is C15H18F3NO6. The first-order valence-corrected chi connectivity index (χ1v) is 7.39. The molecule has 0 aliphatic carbocycles. The summed E-state index contributed by atoms with van der Waals surface area (Å²) in [5.41, 5.74) is 0.674. The Morgan fingerprint density at radius 2 is 1.84 bits per heavy atom. The van der Waals surface area contributed by atoms with Gasteiger partial charge in [-0.1, -0.05) is 30.3 Å². The third-order valence-corrected chi connectivity index (χ3v) is 3.69. The van der Waals surface area contributed by atoms with Gasteiger partial charge < -0.3 is 30.1 Å². The molecule has 1 aromatic rings. The van der Waals surface area contributed by atoms with Gasteiger partial charge in [0.2, 0.25) is 0 Å². The first-order chi connectivity index (χ1) is 11.7. The first kappa shape index (κ1) is 19.6. The number of amides is 1. The molecule has 1 saturated heterocycles. The SMILES string of the molecule is O=C(NC1C(O)C(O)C(CO)O[C@H]1OCc1ccccc1)C(F)(F)F. The summed E-state index contributed by atoms with van der Waals surface area (Å²) in [5.74, 6) is -2.30. The molecule has 140 valence electrons. The van der Waals surface area contributed by atoms with Crippen LogP contribution in [0.15, 0.2) is 30.3 Å². The number of aliphatic hydroxyl groups excluding tert-OH is 3. The van der Waals surface area contributed by atoms with Gasteiger partial charge in [0, 0.05) is 0 Å². The molecule has 5 atom stereocenters. The van der Waals surface area contributed by atoms with Crippen LogP contribution in [0.4, 0.5) is 13.2 Å². The molecule has 4 unspecified atom stereocenters. The van der Waals surface area contributed by atoms with Crippen LogP contribution in [0.3, 0.4) is 0 Å². The van der Waals surface area contributed by atoms with E-state index < -0.39 is 49.3 Å². The molecule has 2 rings (SSSR count). The van der Waals surface area contributed by atoms with Gasteiger partial charge in [-0.3, -0.25) is 4.79 Å². The van der Waals surface area contributed by atoms with Crippen molar-refractivity contribution in [2.24, 2.45) is 0 Å². The fourth-order valence-corrected chi connectivity index (χ4v) is 2.36. The molecular weight excluding hydrogens is 347 g/mol. The predicted octanol–water partition coefficient (Wildman–Crippen LogP) is -0.311. The Morgan fingerprint density at radius 1 is 1.20 bits per heavy atom. The van der Waals surface area contributed by atoms with Crippen LogP contribution in [0.5, 0.6) is 0 Å². The van der Waals surface area contributed by atoms with Crippen molar-refractivity contribution in [1.82, 2.24) is 5.32 Å². The van der Waals surface area contributed by atoms with E-state index in [1.54, 1.807) is 35.6 Å². The number of carbonyl (C=O) groups is 1. The third kappa shape index (κ3) is 4.89. The van der Waals surface area contributed by atoms with E-state index >= 15 is 0 Å². The molecule has 0 aromatic heterocycles. The predicted molar refractivity (Wildman–Crippen MR) is 77.0 cm³/mol. The van der Waals surface area contributed by atoms with Crippen LogP contribution in [0.2, 0.25) is 0 Å². The van der Waals surface area contributed by atoms with Crippen molar-refractivity contribution in [2.75, 3.05) is 6.61 Å². The summed E-state index contributed by atoms with van der Waals surface area (Å²) in [6.45, 7) is -0.770. The maximum absolute atomic E-state index is 12.5. The summed E-state index contributed by atoms with van der Waals surface area (Å²) in [7, 11) is 0.